The first-order valence-corrected chi connectivity index (χ1v) is 6.34. The van der Waals surface area contributed by atoms with Crippen molar-refractivity contribution in [1.82, 2.24) is 0 Å². The van der Waals surface area contributed by atoms with Gasteiger partial charge >= 0.3 is 29.6 Å². The molecule has 0 amide bonds. The number of hydrogen-bond donors (Lipinski definition) is 1. The third-order valence-corrected chi connectivity index (χ3v) is 3.17. The van der Waals surface area contributed by atoms with E-state index in [1.54, 1.807) is 0 Å². The fourth-order valence-electron chi connectivity index (χ4n) is 1.92. The molecule has 22 heavy (non-hydrogen) atoms. The number of carboxylic acid groups (broad SMARTS) is 1. The van der Waals surface area contributed by atoms with E-state index in [-0.39, 0.29) is 51.9 Å². The minimum atomic E-state index is -1.41. The van der Waals surface area contributed by atoms with Crippen molar-refractivity contribution in [1.29, 1.82) is 0 Å². The Morgan fingerprint density at radius 3 is 2.32 bits per heavy atom. The van der Waals surface area contributed by atoms with Crippen LogP contribution in [0.25, 0.3) is 0 Å². The molecule has 4 nitrogen and oxygen atoms in total. The molecule has 7 heteroatoms. The fraction of sp³-hybridized carbons (Fsp3) is 0.0667. The van der Waals surface area contributed by atoms with Gasteiger partial charge < -0.3 is 15.6 Å². The van der Waals surface area contributed by atoms with Crippen LogP contribution in [-0.2, 0) is 11.2 Å². The van der Waals surface area contributed by atoms with Crippen molar-refractivity contribution in [3.8, 4) is 0 Å². The van der Waals surface area contributed by atoms with Crippen molar-refractivity contribution in [3.05, 3.63) is 63.9 Å². The molecule has 0 spiro atoms. The maximum Gasteiger partial charge on any atom is 1.00 e. The molecule has 108 valence electrons. The summed E-state index contributed by atoms with van der Waals surface area (Å²) in [5.41, 5.74) is 5.89. The molecule has 0 fully saturated rings. The zero-order valence-electron chi connectivity index (χ0n) is 11.7. The number of hydrogen-bond acceptors (Lipinski definition) is 4. The van der Waals surface area contributed by atoms with Gasteiger partial charge in [0.15, 0.2) is 5.78 Å². The van der Waals surface area contributed by atoms with Crippen LogP contribution in [-0.4, -0.2) is 11.8 Å². The van der Waals surface area contributed by atoms with Gasteiger partial charge in [-0.15, -0.1) is 0 Å². The van der Waals surface area contributed by atoms with Gasteiger partial charge in [0.1, 0.15) is 5.82 Å². The van der Waals surface area contributed by atoms with Crippen LogP contribution in [0.15, 0.2) is 36.4 Å². The van der Waals surface area contributed by atoms with E-state index in [0.717, 1.165) is 12.1 Å². The summed E-state index contributed by atoms with van der Waals surface area (Å²) < 4.78 is 13.6. The van der Waals surface area contributed by atoms with Crippen molar-refractivity contribution in [3.63, 3.8) is 0 Å². The molecule has 0 saturated carbocycles. The van der Waals surface area contributed by atoms with Gasteiger partial charge in [0.25, 0.3) is 0 Å². The molecule has 2 aromatic rings. The molecule has 0 aromatic heterocycles. The SMILES string of the molecule is Nc1c(CC(=O)[O-])cc(F)cc1C(=O)c1ccc(Cl)cc1.[Na+]. The van der Waals surface area contributed by atoms with Crippen LogP contribution in [0.3, 0.4) is 0 Å². The monoisotopic (exact) mass is 329 g/mol. The summed E-state index contributed by atoms with van der Waals surface area (Å²) in [4.78, 5) is 22.9. The summed E-state index contributed by atoms with van der Waals surface area (Å²) in [6.45, 7) is 0. The first-order valence-electron chi connectivity index (χ1n) is 5.96. The van der Waals surface area contributed by atoms with E-state index >= 15 is 0 Å². The molecule has 0 aliphatic heterocycles. The molecular weight excluding hydrogens is 320 g/mol. The number of halogens is 2. The number of anilines is 1. The molecule has 0 aliphatic carbocycles. The van der Waals surface area contributed by atoms with Gasteiger partial charge in [-0.3, -0.25) is 4.79 Å². The Morgan fingerprint density at radius 1 is 1.18 bits per heavy atom. The van der Waals surface area contributed by atoms with Gasteiger partial charge in [0.2, 0.25) is 0 Å². The summed E-state index contributed by atoms with van der Waals surface area (Å²) in [5.74, 6) is -2.65. The summed E-state index contributed by atoms with van der Waals surface area (Å²) in [6.07, 6.45) is -0.565. The molecule has 2 rings (SSSR count). The number of ketones is 1. The Morgan fingerprint density at radius 2 is 1.77 bits per heavy atom. The zero-order chi connectivity index (χ0) is 15.6. The van der Waals surface area contributed by atoms with Crippen molar-refractivity contribution < 1.29 is 48.6 Å². The number of carbonyl (C=O) groups is 2. The Kier molecular flexibility index (Phi) is 6.56. The number of nitrogen functional groups attached to an aromatic ring is 1. The van der Waals surface area contributed by atoms with Gasteiger partial charge in [0, 0.05) is 34.2 Å². The van der Waals surface area contributed by atoms with Gasteiger partial charge in [0.05, 0.1) is 0 Å². The van der Waals surface area contributed by atoms with E-state index in [1.807, 2.05) is 0 Å². The van der Waals surface area contributed by atoms with Crippen molar-refractivity contribution in [2.75, 3.05) is 5.73 Å². The number of benzene rings is 2. The molecular formula is C15H10ClFNNaO3. The number of carboxylic acids is 1. The van der Waals surface area contributed by atoms with Crippen LogP contribution >= 0.6 is 11.6 Å². The van der Waals surface area contributed by atoms with Gasteiger partial charge in [-0.25, -0.2) is 4.39 Å². The molecule has 0 bridgehead atoms. The van der Waals surface area contributed by atoms with Gasteiger partial charge in [-0.2, -0.15) is 0 Å². The van der Waals surface area contributed by atoms with Crippen LogP contribution < -0.4 is 40.4 Å². The normalized spacial score (nSPS) is 9.91. The minimum Gasteiger partial charge on any atom is -0.550 e. The molecule has 0 atom stereocenters. The van der Waals surface area contributed by atoms with Crippen LogP contribution in [0.2, 0.25) is 5.02 Å². The van der Waals surface area contributed by atoms with Crippen LogP contribution in [0.1, 0.15) is 21.5 Å². The quantitative estimate of drug-likeness (QED) is 0.424. The average Bonchev–Trinajstić information content (AvgIpc) is 2.42. The smallest absolute Gasteiger partial charge is 0.550 e. The first-order chi connectivity index (χ1) is 9.88. The largest absolute Gasteiger partial charge is 1.00 e. The van der Waals surface area contributed by atoms with E-state index in [1.165, 1.54) is 24.3 Å². The number of carbonyl (C=O) groups excluding carboxylic acids is 2. The molecule has 2 N–H and O–H groups in total. The molecule has 0 radical (unpaired) electrons. The van der Waals surface area contributed by atoms with Crippen molar-refractivity contribution in [2.24, 2.45) is 0 Å². The van der Waals surface area contributed by atoms with Crippen LogP contribution in [0.4, 0.5) is 10.1 Å². The standard InChI is InChI=1S/C15H11ClFNO3.Na/c16-10-3-1-8(2-4-10)15(21)12-7-11(17)5-9(14(12)18)6-13(19)20;/h1-5,7H,6,18H2,(H,19,20);/q;+1/p-1. The summed E-state index contributed by atoms with van der Waals surface area (Å²) in [7, 11) is 0. The molecule has 0 heterocycles. The number of nitrogens with two attached hydrogens (primary N) is 1. The maximum absolute atomic E-state index is 13.6. The Bertz CT molecular complexity index is 719. The van der Waals surface area contributed by atoms with Gasteiger partial charge in [-0.1, -0.05) is 11.6 Å². The predicted molar refractivity (Wildman–Crippen MR) is 74.4 cm³/mol. The van der Waals surface area contributed by atoms with Crippen LogP contribution in [0.5, 0.6) is 0 Å². The molecule has 0 saturated heterocycles. The van der Waals surface area contributed by atoms with E-state index in [2.05, 4.69) is 0 Å². The average molecular weight is 330 g/mol. The number of aliphatic carboxylic acids is 1. The summed E-state index contributed by atoms with van der Waals surface area (Å²) in [6, 6.07) is 7.95. The third-order valence-electron chi connectivity index (χ3n) is 2.92. The van der Waals surface area contributed by atoms with Gasteiger partial charge in [-0.05, 0) is 42.0 Å². The van der Waals surface area contributed by atoms with E-state index in [9.17, 15) is 19.1 Å². The third kappa shape index (κ3) is 4.30. The fourth-order valence-corrected chi connectivity index (χ4v) is 2.05. The zero-order valence-corrected chi connectivity index (χ0v) is 14.5. The Labute approximate surface area is 153 Å². The Balaban J connectivity index is 0.00000242. The summed E-state index contributed by atoms with van der Waals surface area (Å²) >= 11 is 5.73. The van der Waals surface area contributed by atoms with Crippen molar-refractivity contribution >= 4 is 29.0 Å². The summed E-state index contributed by atoms with van der Waals surface area (Å²) in [5, 5.41) is 11.1. The Hall–Kier alpha value is -1.40. The second-order valence-corrected chi connectivity index (χ2v) is 4.85. The predicted octanol–water partition coefficient (Wildman–Crippen LogP) is -1.41. The van der Waals surface area contributed by atoms with Crippen molar-refractivity contribution in [2.45, 2.75) is 6.42 Å². The molecule has 2 aromatic carbocycles. The molecule has 0 aliphatic rings. The number of rotatable bonds is 4. The van der Waals surface area contributed by atoms with E-state index in [0.29, 0.717) is 5.02 Å². The second kappa shape index (κ2) is 7.74. The topological polar surface area (TPSA) is 83.2 Å². The van der Waals surface area contributed by atoms with E-state index < -0.39 is 24.0 Å². The minimum absolute atomic E-state index is 0. The van der Waals surface area contributed by atoms with E-state index in [4.69, 9.17) is 17.3 Å². The maximum atomic E-state index is 13.6. The molecule has 0 unspecified atom stereocenters. The first kappa shape index (κ1) is 18.6. The second-order valence-electron chi connectivity index (χ2n) is 4.41. The van der Waals surface area contributed by atoms with Crippen LogP contribution in [0, 0.1) is 5.82 Å².